The summed E-state index contributed by atoms with van der Waals surface area (Å²) in [4.78, 5) is 0. The van der Waals surface area contributed by atoms with E-state index in [2.05, 4.69) is 31.3 Å². The van der Waals surface area contributed by atoms with Crippen molar-refractivity contribution in [3.8, 4) is 0 Å². The first-order valence-corrected chi connectivity index (χ1v) is 6.92. The van der Waals surface area contributed by atoms with Gasteiger partial charge < -0.3 is 11.1 Å². The molecule has 1 atom stereocenters. The molecule has 1 aromatic rings. The van der Waals surface area contributed by atoms with Gasteiger partial charge in [0.1, 0.15) is 0 Å². The van der Waals surface area contributed by atoms with Crippen molar-refractivity contribution < 1.29 is 0 Å². The number of allylic oxidation sites excluding steroid dienone is 1. The predicted molar refractivity (Wildman–Crippen MR) is 77.8 cm³/mol. The highest BCUT2D eigenvalue weighted by Gasteiger charge is 2.23. The third kappa shape index (κ3) is 3.50. The summed E-state index contributed by atoms with van der Waals surface area (Å²) in [7, 11) is 0. The highest BCUT2D eigenvalue weighted by Crippen LogP contribution is 2.35. The summed E-state index contributed by atoms with van der Waals surface area (Å²) in [6.07, 6.45) is 2.33. The standard InChI is InChI=1S/C15H21ClN2/c1-10(2)18-9-14(15(17)12-3-4-12)11-5-7-13(16)8-6-11/h5-8,10,14,18H,3-4,9,17H2,1-2H3/t14-/m0/s1. The molecular formula is C15H21ClN2. The van der Waals surface area contributed by atoms with Gasteiger partial charge in [0, 0.05) is 29.2 Å². The molecule has 1 aliphatic rings. The Balaban J connectivity index is 2.18. The molecule has 0 bridgehead atoms. The van der Waals surface area contributed by atoms with Crippen LogP contribution in [0.5, 0.6) is 0 Å². The van der Waals surface area contributed by atoms with Gasteiger partial charge in [-0.2, -0.15) is 0 Å². The SMILES string of the molecule is CC(C)NC[C@H](C(N)=C1CC1)c1ccc(Cl)cc1. The summed E-state index contributed by atoms with van der Waals surface area (Å²) in [5.41, 5.74) is 9.99. The topological polar surface area (TPSA) is 38.0 Å². The second kappa shape index (κ2) is 5.77. The van der Waals surface area contributed by atoms with Crippen LogP contribution in [-0.4, -0.2) is 12.6 Å². The number of rotatable bonds is 5. The minimum Gasteiger partial charge on any atom is -0.402 e. The Bertz CT molecular complexity index is 428. The van der Waals surface area contributed by atoms with Crippen LogP contribution in [-0.2, 0) is 0 Å². The summed E-state index contributed by atoms with van der Waals surface area (Å²) >= 11 is 5.94. The molecule has 0 aliphatic heterocycles. The fraction of sp³-hybridized carbons (Fsp3) is 0.467. The van der Waals surface area contributed by atoms with Gasteiger partial charge in [0.25, 0.3) is 0 Å². The van der Waals surface area contributed by atoms with Crippen molar-refractivity contribution in [1.82, 2.24) is 5.32 Å². The summed E-state index contributed by atoms with van der Waals surface area (Å²) in [5, 5.41) is 4.25. The van der Waals surface area contributed by atoms with Gasteiger partial charge in [-0.15, -0.1) is 0 Å². The molecule has 0 unspecified atom stereocenters. The Kier molecular flexibility index (Phi) is 4.31. The first kappa shape index (κ1) is 13.4. The van der Waals surface area contributed by atoms with Crippen molar-refractivity contribution >= 4 is 11.6 Å². The lowest BCUT2D eigenvalue weighted by atomic mass is 9.95. The van der Waals surface area contributed by atoms with Gasteiger partial charge in [0.2, 0.25) is 0 Å². The van der Waals surface area contributed by atoms with Crippen LogP contribution in [0.4, 0.5) is 0 Å². The molecule has 1 aromatic carbocycles. The van der Waals surface area contributed by atoms with Gasteiger partial charge >= 0.3 is 0 Å². The van der Waals surface area contributed by atoms with Crippen LogP contribution < -0.4 is 11.1 Å². The van der Waals surface area contributed by atoms with Gasteiger partial charge in [-0.3, -0.25) is 0 Å². The third-order valence-electron chi connectivity index (χ3n) is 3.29. The predicted octanol–water partition coefficient (Wildman–Crippen LogP) is 3.43. The Morgan fingerprint density at radius 1 is 1.28 bits per heavy atom. The van der Waals surface area contributed by atoms with Crippen LogP contribution in [0.25, 0.3) is 0 Å². The van der Waals surface area contributed by atoms with E-state index in [0.29, 0.717) is 6.04 Å². The average molecular weight is 265 g/mol. The van der Waals surface area contributed by atoms with Gasteiger partial charge in [-0.1, -0.05) is 43.2 Å². The minimum atomic E-state index is 0.266. The number of nitrogens with two attached hydrogens (primary N) is 1. The number of nitrogens with one attached hydrogen (secondary N) is 1. The molecule has 2 rings (SSSR count). The molecule has 1 fully saturated rings. The largest absolute Gasteiger partial charge is 0.402 e. The van der Waals surface area contributed by atoms with E-state index in [0.717, 1.165) is 30.1 Å². The van der Waals surface area contributed by atoms with E-state index in [1.165, 1.54) is 11.1 Å². The highest BCUT2D eigenvalue weighted by atomic mass is 35.5. The second-order valence-electron chi connectivity index (χ2n) is 5.23. The smallest absolute Gasteiger partial charge is 0.0406 e. The lowest BCUT2D eigenvalue weighted by Crippen LogP contribution is -2.30. The summed E-state index contributed by atoms with van der Waals surface area (Å²) in [6, 6.07) is 8.49. The van der Waals surface area contributed by atoms with Crippen molar-refractivity contribution in [2.45, 2.75) is 38.6 Å². The first-order valence-electron chi connectivity index (χ1n) is 6.54. The second-order valence-corrected chi connectivity index (χ2v) is 5.66. The molecule has 0 radical (unpaired) electrons. The number of benzene rings is 1. The first-order chi connectivity index (χ1) is 8.58. The number of hydrogen-bond acceptors (Lipinski definition) is 2. The Morgan fingerprint density at radius 3 is 2.39 bits per heavy atom. The third-order valence-corrected chi connectivity index (χ3v) is 3.54. The van der Waals surface area contributed by atoms with Crippen LogP contribution in [0.2, 0.25) is 5.02 Å². The monoisotopic (exact) mass is 264 g/mol. The van der Waals surface area contributed by atoms with E-state index in [9.17, 15) is 0 Å². The van der Waals surface area contributed by atoms with Crippen LogP contribution in [0.15, 0.2) is 35.5 Å². The quantitative estimate of drug-likeness (QED) is 0.855. The average Bonchev–Trinajstić information content (AvgIpc) is 3.15. The zero-order valence-electron chi connectivity index (χ0n) is 11.0. The molecule has 0 saturated heterocycles. The molecule has 1 aliphatic carbocycles. The van der Waals surface area contributed by atoms with Crippen molar-refractivity contribution in [2.24, 2.45) is 5.73 Å². The van der Waals surface area contributed by atoms with Gasteiger partial charge in [-0.05, 0) is 30.5 Å². The molecule has 3 N–H and O–H groups in total. The van der Waals surface area contributed by atoms with E-state index in [-0.39, 0.29) is 5.92 Å². The summed E-state index contributed by atoms with van der Waals surface area (Å²) in [5.74, 6) is 0.266. The van der Waals surface area contributed by atoms with Crippen LogP contribution in [0.3, 0.4) is 0 Å². The zero-order valence-corrected chi connectivity index (χ0v) is 11.8. The van der Waals surface area contributed by atoms with Gasteiger partial charge in [0.05, 0.1) is 0 Å². The van der Waals surface area contributed by atoms with E-state index < -0.39 is 0 Å². The lowest BCUT2D eigenvalue weighted by molar-refractivity contribution is 0.555. The van der Waals surface area contributed by atoms with Crippen molar-refractivity contribution in [1.29, 1.82) is 0 Å². The van der Waals surface area contributed by atoms with Crippen LogP contribution in [0, 0.1) is 0 Å². The van der Waals surface area contributed by atoms with E-state index in [1.807, 2.05) is 12.1 Å². The Hall–Kier alpha value is -0.990. The highest BCUT2D eigenvalue weighted by molar-refractivity contribution is 6.30. The maximum absolute atomic E-state index is 6.29. The fourth-order valence-electron chi connectivity index (χ4n) is 2.05. The maximum Gasteiger partial charge on any atom is 0.0406 e. The molecule has 0 amide bonds. The molecule has 0 aromatic heterocycles. The molecule has 0 heterocycles. The summed E-state index contributed by atoms with van der Waals surface area (Å²) in [6.45, 7) is 5.19. The van der Waals surface area contributed by atoms with E-state index >= 15 is 0 Å². The molecule has 98 valence electrons. The molecule has 3 heteroatoms. The molecule has 1 saturated carbocycles. The zero-order chi connectivity index (χ0) is 13.1. The summed E-state index contributed by atoms with van der Waals surface area (Å²) < 4.78 is 0. The number of halogens is 1. The lowest BCUT2D eigenvalue weighted by Gasteiger charge is -2.20. The molecule has 0 spiro atoms. The van der Waals surface area contributed by atoms with Crippen LogP contribution >= 0.6 is 11.6 Å². The Morgan fingerprint density at radius 2 is 1.89 bits per heavy atom. The van der Waals surface area contributed by atoms with E-state index in [4.69, 9.17) is 17.3 Å². The van der Waals surface area contributed by atoms with Crippen LogP contribution in [0.1, 0.15) is 38.2 Å². The van der Waals surface area contributed by atoms with Crippen molar-refractivity contribution in [2.75, 3.05) is 6.54 Å². The van der Waals surface area contributed by atoms with E-state index in [1.54, 1.807) is 0 Å². The number of hydrogen-bond donors (Lipinski definition) is 2. The maximum atomic E-state index is 6.29. The normalized spacial score (nSPS) is 15.9. The van der Waals surface area contributed by atoms with Crippen molar-refractivity contribution in [3.05, 3.63) is 46.1 Å². The molecule has 2 nitrogen and oxygen atoms in total. The van der Waals surface area contributed by atoms with Gasteiger partial charge in [0.15, 0.2) is 0 Å². The van der Waals surface area contributed by atoms with Gasteiger partial charge in [-0.25, -0.2) is 0 Å². The minimum absolute atomic E-state index is 0.266. The van der Waals surface area contributed by atoms with Crippen molar-refractivity contribution in [3.63, 3.8) is 0 Å². The molecule has 18 heavy (non-hydrogen) atoms. The Labute approximate surface area is 114 Å². The molecular weight excluding hydrogens is 244 g/mol. The fourth-order valence-corrected chi connectivity index (χ4v) is 2.18.